The summed E-state index contributed by atoms with van der Waals surface area (Å²) in [6, 6.07) is 2.90. The molecule has 0 aliphatic carbocycles. The number of carbonyl (C=O) groups excluding carboxylic acids is 1. The van der Waals surface area contributed by atoms with Gasteiger partial charge >= 0.3 is 0 Å². The quantitative estimate of drug-likeness (QED) is 0.867. The van der Waals surface area contributed by atoms with Gasteiger partial charge in [-0.15, -0.1) is 5.10 Å². The first-order valence-corrected chi connectivity index (χ1v) is 6.17. The zero-order chi connectivity index (χ0) is 13.3. The van der Waals surface area contributed by atoms with Gasteiger partial charge in [0.1, 0.15) is 11.6 Å². The number of nitrogens with one attached hydrogen (secondary N) is 1. The number of carbonyl (C=O) groups is 1. The molecular weight excluding hydrogens is 253 g/mol. The summed E-state index contributed by atoms with van der Waals surface area (Å²) in [4.78, 5) is 16.3. The van der Waals surface area contributed by atoms with Crippen molar-refractivity contribution in [3.05, 3.63) is 34.9 Å². The zero-order valence-corrected chi connectivity index (χ0v) is 11.1. The molecule has 0 atom stereocenters. The van der Waals surface area contributed by atoms with E-state index < -0.39 is 0 Å². The molecule has 0 unspecified atom stereocenters. The average Bonchev–Trinajstić information content (AvgIpc) is 2.68. The molecule has 0 fully saturated rings. The molecule has 2 aromatic rings. The highest BCUT2D eigenvalue weighted by Crippen LogP contribution is 2.30. The van der Waals surface area contributed by atoms with Crippen molar-refractivity contribution < 1.29 is 9.18 Å². The van der Waals surface area contributed by atoms with Gasteiger partial charge in [0, 0.05) is 10.5 Å². The molecule has 1 heterocycles. The van der Waals surface area contributed by atoms with Gasteiger partial charge in [-0.2, -0.15) is 0 Å². The lowest BCUT2D eigenvalue weighted by Gasteiger charge is -2.06. The topological polar surface area (TPSA) is 58.6 Å². The Kier molecular flexibility index (Phi) is 3.47. The van der Waals surface area contributed by atoms with Crippen LogP contribution in [0.2, 0.25) is 0 Å². The fourth-order valence-electron chi connectivity index (χ4n) is 1.48. The summed E-state index contributed by atoms with van der Waals surface area (Å²) in [5.41, 5.74) is 0.848. The summed E-state index contributed by atoms with van der Waals surface area (Å²) in [6.07, 6.45) is 0. The molecule has 18 heavy (non-hydrogen) atoms. The Morgan fingerprint density at radius 3 is 2.67 bits per heavy atom. The van der Waals surface area contributed by atoms with Crippen LogP contribution in [0.5, 0.6) is 0 Å². The molecular formula is C12H12FN3OS. The number of H-pyrrole nitrogens is 1. The predicted octanol–water partition coefficient (Wildman–Crippen LogP) is 2.91. The van der Waals surface area contributed by atoms with E-state index in [-0.39, 0.29) is 11.6 Å². The molecule has 1 aromatic heterocycles. The Morgan fingerprint density at radius 2 is 2.11 bits per heavy atom. The van der Waals surface area contributed by atoms with Gasteiger partial charge in [-0.3, -0.25) is 9.89 Å². The molecule has 2 rings (SSSR count). The highest BCUT2D eigenvalue weighted by molar-refractivity contribution is 7.99. The third-order valence-electron chi connectivity index (χ3n) is 2.42. The number of aromatic amines is 1. The molecule has 4 nitrogen and oxygen atoms in total. The summed E-state index contributed by atoms with van der Waals surface area (Å²) >= 11 is 1.25. The van der Waals surface area contributed by atoms with Gasteiger partial charge < -0.3 is 0 Å². The van der Waals surface area contributed by atoms with E-state index in [1.165, 1.54) is 24.8 Å². The molecule has 6 heteroatoms. The number of benzene rings is 1. The van der Waals surface area contributed by atoms with Crippen LogP contribution in [0, 0.1) is 19.7 Å². The van der Waals surface area contributed by atoms with E-state index in [0.717, 1.165) is 0 Å². The number of hydrogen-bond donors (Lipinski definition) is 1. The number of halogens is 1. The van der Waals surface area contributed by atoms with E-state index in [0.29, 0.717) is 27.0 Å². The second-order valence-corrected chi connectivity index (χ2v) is 4.97. The first-order chi connectivity index (χ1) is 8.47. The van der Waals surface area contributed by atoms with E-state index in [1.807, 2.05) is 0 Å². The van der Waals surface area contributed by atoms with Crippen LogP contribution in [0.25, 0.3) is 0 Å². The molecule has 1 aromatic carbocycles. The van der Waals surface area contributed by atoms with Crippen LogP contribution < -0.4 is 0 Å². The zero-order valence-electron chi connectivity index (χ0n) is 10.2. The lowest BCUT2D eigenvalue weighted by atomic mass is 10.1. The van der Waals surface area contributed by atoms with Crippen molar-refractivity contribution in [1.29, 1.82) is 0 Å². The van der Waals surface area contributed by atoms with Gasteiger partial charge in [-0.1, -0.05) is 0 Å². The molecule has 0 aliphatic rings. The number of aryl methyl sites for hydroxylation is 2. The Hall–Kier alpha value is -1.69. The van der Waals surface area contributed by atoms with Crippen molar-refractivity contribution in [3.63, 3.8) is 0 Å². The summed E-state index contributed by atoms with van der Waals surface area (Å²) < 4.78 is 13.5. The molecule has 0 amide bonds. The number of Topliss-reactive ketones (excluding diaryl/α,β-unsaturated/α-hetero) is 1. The molecule has 94 valence electrons. The highest BCUT2D eigenvalue weighted by atomic mass is 32.2. The van der Waals surface area contributed by atoms with E-state index in [4.69, 9.17) is 0 Å². The monoisotopic (exact) mass is 265 g/mol. The van der Waals surface area contributed by atoms with E-state index in [1.54, 1.807) is 19.9 Å². The van der Waals surface area contributed by atoms with Gasteiger partial charge in [0.2, 0.25) is 5.16 Å². The third kappa shape index (κ3) is 2.59. The van der Waals surface area contributed by atoms with Crippen LogP contribution in [0.3, 0.4) is 0 Å². The maximum atomic E-state index is 13.5. The van der Waals surface area contributed by atoms with Crippen LogP contribution in [0.1, 0.15) is 28.7 Å². The predicted molar refractivity (Wildman–Crippen MR) is 66.4 cm³/mol. The smallest absolute Gasteiger partial charge is 0.213 e. The van der Waals surface area contributed by atoms with Gasteiger partial charge in [0.25, 0.3) is 0 Å². The molecule has 1 N–H and O–H groups in total. The number of nitrogens with zero attached hydrogens (tertiary/aromatic N) is 2. The third-order valence-corrected chi connectivity index (χ3v) is 3.34. The van der Waals surface area contributed by atoms with E-state index in [9.17, 15) is 9.18 Å². The minimum Gasteiger partial charge on any atom is -0.294 e. The molecule has 0 radical (unpaired) electrons. The number of hydrogen-bond acceptors (Lipinski definition) is 4. The first kappa shape index (κ1) is 12.8. The number of rotatable bonds is 3. The van der Waals surface area contributed by atoms with E-state index >= 15 is 0 Å². The maximum Gasteiger partial charge on any atom is 0.213 e. The van der Waals surface area contributed by atoms with Crippen LogP contribution in [-0.4, -0.2) is 21.0 Å². The van der Waals surface area contributed by atoms with Crippen molar-refractivity contribution in [1.82, 2.24) is 15.2 Å². The lowest BCUT2D eigenvalue weighted by molar-refractivity contribution is 0.101. The fraction of sp³-hybridized carbons (Fsp3) is 0.250. The van der Waals surface area contributed by atoms with Crippen molar-refractivity contribution in [3.8, 4) is 0 Å². The van der Waals surface area contributed by atoms with Crippen molar-refractivity contribution in [2.45, 2.75) is 30.8 Å². The minimum atomic E-state index is -0.379. The van der Waals surface area contributed by atoms with Gasteiger partial charge in [-0.05, 0) is 50.2 Å². The average molecular weight is 265 g/mol. The summed E-state index contributed by atoms with van der Waals surface area (Å²) in [7, 11) is 0. The Balaban J connectivity index is 2.42. The highest BCUT2D eigenvalue weighted by Gasteiger charge is 2.14. The number of ketones is 1. The fourth-order valence-corrected chi connectivity index (χ4v) is 2.50. The van der Waals surface area contributed by atoms with Crippen molar-refractivity contribution >= 4 is 17.5 Å². The molecule has 0 spiro atoms. The normalized spacial score (nSPS) is 10.7. The summed E-state index contributed by atoms with van der Waals surface area (Å²) in [5.74, 6) is 0.139. The second-order valence-electron chi connectivity index (χ2n) is 3.96. The van der Waals surface area contributed by atoms with Gasteiger partial charge in [0.05, 0.1) is 0 Å². The lowest BCUT2D eigenvalue weighted by Crippen LogP contribution is -1.98. The van der Waals surface area contributed by atoms with Crippen LogP contribution >= 0.6 is 11.8 Å². The van der Waals surface area contributed by atoms with Crippen LogP contribution in [-0.2, 0) is 0 Å². The van der Waals surface area contributed by atoms with Gasteiger partial charge in [-0.25, -0.2) is 9.37 Å². The first-order valence-electron chi connectivity index (χ1n) is 5.35. The second kappa shape index (κ2) is 4.89. The van der Waals surface area contributed by atoms with Crippen LogP contribution in [0.4, 0.5) is 4.39 Å². The van der Waals surface area contributed by atoms with Crippen molar-refractivity contribution in [2.75, 3.05) is 0 Å². The van der Waals surface area contributed by atoms with Crippen LogP contribution in [0.15, 0.2) is 22.2 Å². The standard InChI is InChI=1S/C12H12FN3OS/c1-6-4-11(9(7(2)17)5-10(6)13)18-12-14-8(3)15-16-12/h4-5H,1-3H3,(H,14,15,16). The van der Waals surface area contributed by atoms with E-state index in [2.05, 4.69) is 15.2 Å². The Bertz CT molecular complexity index is 609. The molecule has 0 saturated carbocycles. The number of aromatic nitrogens is 3. The summed E-state index contributed by atoms with van der Waals surface area (Å²) in [5, 5.41) is 7.22. The SMILES string of the molecule is CC(=O)c1cc(F)c(C)cc1Sc1n[nH]c(C)n1. The summed E-state index contributed by atoms with van der Waals surface area (Å²) in [6.45, 7) is 4.86. The maximum absolute atomic E-state index is 13.5. The van der Waals surface area contributed by atoms with Gasteiger partial charge in [0.15, 0.2) is 5.78 Å². The molecule has 0 saturated heterocycles. The molecule has 0 aliphatic heterocycles. The Labute approximate surface area is 108 Å². The van der Waals surface area contributed by atoms with Crippen molar-refractivity contribution in [2.24, 2.45) is 0 Å². The molecule has 0 bridgehead atoms. The largest absolute Gasteiger partial charge is 0.294 e. The Morgan fingerprint density at radius 1 is 1.39 bits per heavy atom. The minimum absolute atomic E-state index is 0.177.